The molecule has 0 bridgehead atoms. The highest BCUT2D eigenvalue weighted by molar-refractivity contribution is 5.59. The van der Waals surface area contributed by atoms with E-state index in [1.807, 2.05) is 13.0 Å². The van der Waals surface area contributed by atoms with Crippen LogP contribution in [0.15, 0.2) is 36.4 Å². The van der Waals surface area contributed by atoms with Gasteiger partial charge < -0.3 is 10.0 Å². The smallest absolute Gasteiger partial charge is 0.123 e. The number of nitrogens with zero attached hydrogens (tertiary/aromatic N) is 1. The van der Waals surface area contributed by atoms with Crippen molar-refractivity contribution in [1.29, 1.82) is 0 Å². The summed E-state index contributed by atoms with van der Waals surface area (Å²) in [5, 5.41) is 10.5. The lowest BCUT2D eigenvalue weighted by atomic mass is 9.95. The van der Waals surface area contributed by atoms with Gasteiger partial charge in [0, 0.05) is 19.3 Å². The molecule has 0 radical (unpaired) electrons. The van der Waals surface area contributed by atoms with Crippen molar-refractivity contribution >= 4 is 5.69 Å². The molecule has 0 spiro atoms. The first-order valence-electron chi connectivity index (χ1n) is 6.84. The molecular weight excluding hydrogens is 253 g/mol. The third-order valence-corrected chi connectivity index (χ3v) is 4.07. The van der Waals surface area contributed by atoms with Crippen LogP contribution in [0.4, 0.5) is 10.1 Å². The number of hydrogen-bond acceptors (Lipinski definition) is 2. The lowest BCUT2D eigenvalue weighted by Gasteiger charge is -2.17. The first-order chi connectivity index (χ1) is 9.56. The van der Waals surface area contributed by atoms with Crippen LogP contribution in [0, 0.1) is 12.7 Å². The van der Waals surface area contributed by atoms with Gasteiger partial charge in [-0.25, -0.2) is 4.39 Å². The quantitative estimate of drug-likeness (QED) is 0.906. The second kappa shape index (κ2) is 4.91. The van der Waals surface area contributed by atoms with Gasteiger partial charge in [-0.15, -0.1) is 0 Å². The van der Waals surface area contributed by atoms with Crippen molar-refractivity contribution in [2.45, 2.75) is 19.4 Å². The molecule has 1 N–H and O–H groups in total. The van der Waals surface area contributed by atoms with Crippen molar-refractivity contribution in [3.8, 4) is 0 Å². The van der Waals surface area contributed by atoms with E-state index >= 15 is 0 Å². The summed E-state index contributed by atoms with van der Waals surface area (Å²) < 4.78 is 13.1. The molecule has 1 unspecified atom stereocenters. The number of fused-ring (bicyclic) bond motifs is 1. The van der Waals surface area contributed by atoms with Gasteiger partial charge in [0.25, 0.3) is 0 Å². The Morgan fingerprint density at radius 3 is 2.75 bits per heavy atom. The van der Waals surface area contributed by atoms with Crippen LogP contribution in [0.3, 0.4) is 0 Å². The molecule has 0 aliphatic carbocycles. The molecule has 1 aliphatic rings. The number of aliphatic hydroxyl groups is 1. The first kappa shape index (κ1) is 13.1. The number of halogens is 1. The first-order valence-corrected chi connectivity index (χ1v) is 6.84. The van der Waals surface area contributed by atoms with Crippen molar-refractivity contribution in [3.05, 3.63) is 64.5 Å². The van der Waals surface area contributed by atoms with Crippen LogP contribution in [0.25, 0.3) is 0 Å². The number of likely N-dealkylation sites (N-methyl/N-ethyl adjacent to an activating group) is 1. The van der Waals surface area contributed by atoms with Crippen molar-refractivity contribution in [2.75, 3.05) is 18.5 Å². The zero-order valence-electron chi connectivity index (χ0n) is 11.7. The fourth-order valence-corrected chi connectivity index (χ4v) is 2.88. The molecule has 104 valence electrons. The Kier molecular flexibility index (Phi) is 3.22. The maximum atomic E-state index is 13.1. The van der Waals surface area contributed by atoms with Crippen molar-refractivity contribution in [1.82, 2.24) is 0 Å². The minimum absolute atomic E-state index is 0.269. The third kappa shape index (κ3) is 2.18. The largest absolute Gasteiger partial charge is 0.384 e. The van der Waals surface area contributed by atoms with Gasteiger partial charge in [-0.2, -0.15) is 0 Å². The van der Waals surface area contributed by atoms with Gasteiger partial charge in [0.2, 0.25) is 0 Å². The highest BCUT2D eigenvalue weighted by Crippen LogP contribution is 2.32. The monoisotopic (exact) mass is 271 g/mol. The summed E-state index contributed by atoms with van der Waals surface area (Å²) in [6.45, 7) is 2.84. The Morgan fingerprint density at radius 2 is 2.00 bits per heavy atom. The van der Waals surface area contributed by atoms with Crippen LogP contribution in [0.5, 0.6) is 0 Å². The Balaban J connectivity index is 1.97. The molecule has 0 saturated heterocycles. The van der Waals surface area contributed by atoms with Crippen molar-refractivity contribution < 1.29 is 9.50 Å². The molecule has 1 heterocycles. The van der Waals surface area contributed by atoms with E-state index in [9.17, 15) is 9.50 Å². The zero-order valence-corrected chi connectivity index (χ0v) is 11.7. The number of aliphatic hydroxyl groups excluding tert-OH is 1. The summed E-state index contributed by atoms with van der Waals surface area (Å²) in [7, 11) is 2.08. The predicted molar refractivity (Wildman–Crippen MR) is 78.6 cm³/mol. The van der Waals surface area contributed by atoms with Gasteiger partial charge in [0.05, 0.1) is 0 Å². The molecular formula is C17H18FNO. The normalized spacial score (nSPS) is 15.3. The second-order valence-electron chi connectivity index (χ2n) is 5.46. The van der Waals surface area contributed by atoms with E-state index in [1.54, 1.807) is 6.07 Å². The highest BCUT2D eigenvalue weighted by atomic mass is 19.1. The average Bonchev–Trinajstić information content (AvgIpc) is 2.79. The number of benzene rings is 2. The van der Waals surface area contributed by atoms with Crippen LogP contribution < -0.4 is 4.90 Å². The van der Waals surface area contributed by atoms with Crippen molar-refractivity contribution in [2.24, 2.45) is 0 Å². The summed E-state index contributed by atoms with van der Waals surface area (Å²) in [6.07, 6.45) is 0.307. The van der Waals surface area contributed by atoms with E-state index in [0.717, 1.165) is 29.7 Å². The molecule has 1 aliphatic heterocycles. The Bertz CT molecular complexity index is 653. The van der Waals surface area contributed by atoms with Crippen molar-refractivity contribution in [3.63, 3.8) is 0 Å². The van der Waals surface area contributed by atoms with E-state index in [2.05, 4.69) is 24.1 Å². The van der Waals surface area contributed by atoms with E-state index in [0.29, 0.717) is 0 Å². The van der Waals surface area contributed by atoms with Crippen LogP contribution in [0.2, 0.25) is 0 Å². The van der Waals surface area contributed by atoms with Gasteiger partial charge in [0.1, 0.15) is 11.9 Å². The van der Waals surface area contributed by atoms with Gasteiger partial charge >= 0.3 is 0 Å². The standard InChI is InChI=1S/C17H18FNO/c1-11-9-14(18)4-5-15(11)17(20)13-3-6-16-12(10-13)7-8-19(16)2/h3-6,9-10,17,20H,7-8H2,1-2H3. The van der Waals surface area contributed by atoms with E-state index < -0.39 is 6.10 Å². The number of aryl methyl sites for hydroxylation is 1. The van der Waals surface area contributed by atoms with Gasteiger partial charge in [-0.3, -0.25) is 0 Å². The lowest BCUT2D eigenvalue weighted by Crippen LogP contribution is -2.12. The molecule has 0 aromatic heterocycles. The summed E-state index contributed by atoms with van der Waals surface area (Å²) in [4.78, 5) is 2.22. The molecule has 3 rings (SSSR count). The molecule has 2 aromatic rings. The molecule has 2 aromatic carbocycles. The Hall–Kier alpha value is -1.87. The van der Waals surface area contributed by atoms with Crippen LogP contribution in [-0.4, -0.2) is 18.7 Å². The lowest BCUT2D eigenvalue weighted by molar-refractivity contribution is 0.219. The van der Waals surface area contributed by atoms with Crippen LogP contribution in [0.1, 0.15) is 28.4 Å². The van der Waals surface area contributed by atoms with Crippen LogP contribution >= 0.6 is 0 Å². The van der Waals surface area contributed by atoms with E-state index in [4.69, 9.17) is 0 Å². The maximum absolute atomic E-state index is 13.1. The van der Waals surface area contributed by atoms with Crippen LogP contribution in [-0.2, 0) is 6.42 Å². The van der Waals surface area contributed by atoms with E-state index in [-0.39, 0.29) is 5.82 Å². The predicted octanol–water partition coefficient (Wildman–Crippen LogP) is 3.21. The summed E-state index contributed by atoms with van der Waals surface area (Å²) in [6, 6.07) is 10.6. The summed E-state index contributed by atoms with van der Waals surface area (Å²) in [5.41, 5.74) is 4.90. The Morgan fingerprint density at radius 1 is 1.20 bits per heavy atom. The summed E-state index contributed by atoms with van der Waals surface area (Å²) >= 11 is 0. The molecule has 0 fully saturated rings. The van der Waals surface area contributed by atoms with E-state index in [1.165, 1.54) is 23.4 Å². The SMILES string of the molecule is Cc1cc(F)ccc1C(O)c1ccc2c(c1)CCN2C. The highest BCUT2D eigenvalue weighted by Gasteiger charge is 2.19. The zero-order chi connectivity index (χ0) is 14.3. The van der Waals surface area contributed by atoms with Gasteiger partial charge in [0.15, 0.2) is 0 Å². The Labute approximate surface area is 118 Å². The average molecular weight is 271 g/mol. The molecule has 20 heavy (non-hydrogen) atoms. The number of hydrogen-bond donors (Lipinski definition) is 1. The topological polar surface area (TPSA) is 23.5 Å². The molecule has 1 atom stereocenters. The molecule has 0 amide bonds. The minimum Gasteiger partial charge on any atom is -0.384 e. The number of rotatable bonds is 2. The van der Waals surface area contributed by atoms with Gasteiger partial charge in [-0.1, -0.05) is 18.2 Å². The third-order valence-electron chi connectivity index (χ3n) is 4.07. The van der Waals surface area contributed by atoms with Gasteiger partial charge in [-0.05, 0) is 53.8 Å². The second-order valence-corrected chi connectivity index (χ2v) is 5.46. The summed E-state index contributed by atoms with van der Waals surface area (Å²) in [5.74, 6) is -0.269. The minimum atomic E-state index is -0.702. The number of anilines is 1. The molecule has 3 heteroatoms. The molecule has 0 saturated carbocycles. The fourth-order valence-electron chi connectivity index (χ4n) is 2.88. The maximum Gasteiger partial charge on any atom is 0.123 e. The molecule has 2 nitrogen and oxygen atoms in total. The fraction of sp³-hybridized carbons (Fsp3) is 0.294.